The van der Waals surface area contributed by atoms with Gasteiger partial charge in [-0.1, -0.05) is 45.4 Å². The summed E-state index contributed by atoms with van der Waals surface area (Å²) in [5.74, 6) is 0.546. The minimum atomic E-state index is 0.210. The second-order valence-corrected chi connectivity index (χ2v) is 3.71. The average molecular weight is 283 g/mol. The first-order valence-corrected chi connectivity index (χ1v) is 6.07. The summed E-state index contributed by atoms with van der Waals surface area (Å²) in [6, 6.07) is 7.94. The first-order chi connectivity index (χ1) is 7.83. The van der Waals surface area contributed by atoms with E-state index in [-0.39, 0.29) is 6.08 Å². The zero-order chi connectivity index (χ0) is 11.4. The van der Waals surface area contributed by atoms with E-state index in [1.807, 2.05) is 31.2 Å². The maximum atomic E-state index is 5.11. The topological polar surface area (TPSA) is 48.2 Å². The summed E-state index contributed by atoms with van der Waals surface area (Å²) in [6.45, 7) is 2.39. The zero-order valence-corrected chi connectivity index (χ0v) is 10.4. The van der Waals surface area contributed by atoms with Crippen molar-refractivity contribution in [2.24, 2.45) is 0 Å². The minimum absolute atomic E-state index is 0.210. The fourth-order valence-corrected chi connectivity index (χ4v) is 1.63. The molecule has 0 spiro atoms. The molecule has 4 nitrogen and oxygen atoms in total. The molecule has 0 N–H and O–H groups in total. The van der Waals surface area contributed by atoms with Crippen LogP contribution in [0.5, 0.6) is 6.08 Å². The summed E-state index contributed by atoms with van der Waals surface area (Å²) in [6.07, 6.45) is 0.210. The molecule has 0 amide bonds. The lowest BCUT2D eigenvalue weighted by molar-refractivity contribution is 0.215. The molecule has 0 aliphatic heterocycles. The Kier molecular flexibility index (Phi) is 3.56. The van der Waals surface area contributed by atoms with Gasteiger partial charge in [-0.15, -0.1) is 0 Å². The van der Waals surface area contributed by atoms with Crippen LogP contribution in [0.4, 0.5) is 0 Å². The van der Waals surface area contributed by atoms with E-state index < -0.39 is 0 Å². The Labute approximate surface area is 102 Å². The number of halogens is 1. The quantitative estimate of drug-likeness (QED) is 0.809. The van der Waals surface area contributed by atoms with Gasteiger partial charge in [0, 0.05) is 10.9 Å². The van der Waals surface area contributed by atoms with E-state index in [1.54, 1.807) is 0 Å². The molecule has 2 aromatic rings. The van der Waals surface area contributed by atoms with Crippen molar-refractivity contribution < 1.29 is 9.26 Å². The largest absolute Gasteiger partial charge is 0.449 e. The Morgan fingerprint density at radius 3 is 2.69 bits per heavy atom. The highest BCUT2D eigenvalue weighted by molar-refractivity contribution is 9.08. The van der Waals surface area contributed by atoms with Gasteiger partial charge in [0.05, 0.1) is 6.61 Å². The zero-order valence-electron chi connectivity index (χ0n) is 8.81. The maximum Gasteiger partial charge on any atom is 0.417 e. The third kappa shape index (κ3) is 2.41. The molecule has 0 aliphatic rings. The molecule has 1 heterocycles. The van der Waals surface area contributed by atoms with Crippen LogP contribution >= 0.6 is 15.9 Å². The van der Waals surface area contributed by atoms with Crippen molar-refractivity contribution in [3.63, 3.8) is 0 Å². The molecule has 0 unspecified atom stereocenters. The Hall–Kier alpha value is -1.36. The van der Waals surface area contributed by atoms with Gasteiger partial charge in [-0.3, -0.25) is 4.52 Å². The van der Waals surface area contributed by atoms with E-state index in [4.69, 9.17) is 9.26 Å². The van der Waals surface area contributed by atoms with Crippen LogP contribution in [0.3, 0.4) is 0 Å². The molecule has 0 saturated carbocycles. The number of hydrogen-bond donors (Lipinski definition) is 0. The standard InChI is InChI=1S/C11H11BrN2O2/c1-2-15-11-13-10(14-16-11)9-5-3-8(7-12)4-6-9/h3-6H,2,7H2,1H3. The van der Waals surface area contributed by atoms with Crippen LogP contribution in [-0.4, -0.2) is 16.7 Å². The predicted octanol–water partition coefficient (Wildman–Crippen LogP) is 3.03. The number of hydrogen-bond acceptors (Lipinski definition) is 4. The van der Waals surface area contributed by atoms with Gasteiger partial charge in [-0.2, -0.15) is 4.98 Å². The molecule has 0 bridgehead atoms. The van der Waals surface area contributed by atoms with Gasteiger partial charge in [0.2, 0.25) is 5.82 Å². The third-order valence-electron chi connectivity index (χ3n) is 2.04. The minimum Gasteiger partial charge on any atom is -0.449 e. The first-order valence-electron chi connectivity index (χ1n) is 4.95. The van der Waals surface area contributed by atoms with Crippen molar-refractivity contribution in [2.45, 2.75) is 12.3 Å². The summed E-state index contributed by atoms with van der Waals surface area (Å²) >= 11 is 3.39. The van der Waals surface area contributed by atoms with E-state index in [0.717, 1.165) is 10.9 Å². The number of alkyl halides is 1. The summed E-state index contributed by atoms with van der Waals surface area (Å²) in [7, 11) is 0. The molecule has 16 heavy (non-hydrogen) atoms. The summed E-state index contributed by atoms with van der Waals surface area (Å²) in [5.41, 5.74) is 2.12. The highest BCUT2D eigenvalue weighted by atomic mass is 79.9. The van der Waals surface area contributed by atoms with Gasteiger partial charge in [-0.25, -0.2) is 0 Å². The molecule has 0 saturated heterocycles. The number of nitrogens with zero attached hydrogens (tertiary/aromatic N) is 2. The molecule has 1 aromatic carbocycles. The normalized spacial score (nSPS) is 10.4. The summed E-state index contributed by atoms with van der Waals surface area (Å²) in [5, 5.41) is 4.67. The van der Waals surface area contributed by atoms with Crippen LogP contribution < -0.4 is 4.74 Å². The summed E-state index contributed by atoms with van der Waals surface area (Å²) in [4.78, 5) is 4.11. The lowest BCUT2D eigenvalue weighted by atomic mass is 10.1. The van der Waals surface area contributed by atoms with Crippen molar-refractivity contribution in [3.8, 4) is 17.5 Å². The lowest BCUT2D eigenvalue weighted by Gasteiger charge is -1.96. The second-order valence-electron chi connectivity index (χ2n) is 3.15. The Bertz CT molecular complexity index is 453. The molecule has 0 radical (unpaired) electrons. The van der Waals surface area contributed by atoms with E-state index in [0.29, 0.717) is 12.4 Å². The molecule has 0 aliphatic carbocycles. The Morgan fingerprint density at radius 2 is 2.06 bits per heavy atom. The van der Waals surface area contributed by atoms with Crippen LogP contribution in [0.15, 0.2) is 28.8 Å². The molecule has 0 atom stereocenters. The highest BCUT2D eigenvalue weighted by Gasteiger charge is 2.08. The van der Waals surface area contributed by atoms with E-state index in [1.165, 1.54) is 5.56 Å². The fourth-order valence-electron chi connectivity index (χ4n) is 1.25. The molecular weight excluding hydrogens is 272 g/mol. The molecule has 1 aromatic heterocycles. The first kappa shape index (κ1) is 11.1. The van der Waals surface area contributed by atoms with E-state index in [9.17, 15) is 0 Å². The number of benzene rings is 1. The molecule has 84 valence electrons. The van der Waals surface area contributed by atoms with Crippen LogP contribution in [0, 0.1) is 0 Å². The maximum absolute atomic E-state index is 5.11. The van der Waals surface area contributed by atoms with Crippen molar-refractivity contribution in [1.29, 1.82) is 0 Å². The highest BCUT2D eigenvalue weighted by Crippen LogP contribution is 2.19. The number of rotatable bonds is 4. The van der Waals surface area contributed by atoms with Crippen LogP contribution in [0.1, 0.15) is 12.5 Å². The van der Waals surface area contributed by atoms with Crippen molar-refractivity contribution in [3.05, 3.63) is 29.8 Å². The van der Waals surface area contributed by atoms with E-state index >= 15 is 0 Å². The molecule has 5 heteroatoms. The van der Waals surface area contributed by atoms with Crippen LogP contribution in [-0.2, 0) is 5.33 Å². The van der Waals surface area contributed by atoms with Gasteiger partial charge >= 0.3 is 6.08 Å². The smallest absolute Gasteiger partial charge is 0.417 e. The number of ether oxygens (including phenoxy) is 1. The Morgan fingerprint density at radius 1 is 1.31 bits per heavy atom. The predicted molar refractivity (Wildman–Crippen MR) is 63.5 cm³/mol. The molecular formula is C11H11BrN2O2. The van der Waals surface area contributed by atoms with Gasteiger partial charge in [0.25, 0.3) is 0 Å². The van der Waals surface area contributed by atoms with Crippen LogP contribution in [0.25, 0.3) is 11.4 Å². The van der Waals surface area contributed by atoms with Gasteiger partial charge < -0.3 is 4.74 Å². The average Bonchev–Trinajstić information content (AvgIpc) is 2.78. The molecule has 0 fully saturated rings. The Balaban J connectivity index is 2.21. The van der Waals surface area contributed by atoms with Crippen molar-refractivity contribution >= 4 is 15.9 Å². The van der Waals surface area contributed by atoms with Gasteiger partial charge in [0.15, 0.2) is 0 Å². The fraction of sp³-hybridized carbons (Fsp3) is 0.273. The van der Waals surface area contributed by atoms with Gasteiger partial charge in [0.1, 0.15) is 0 Å². The SMILES string of the molecule is CCOc1nc(-c2ccc(CBr)cc2)no1. The number of aromatic nitrogens is 2. The van der Waals surface area contributed by atoms with Crippen molar-refractivity contribution in [1.82, 2.24) is 10.1 Å². The second kappa shape index (κ2) is 5.12. The van der Waals surface area contributed by atoms with Crippen molar-refractivity contribution in [2.75, 3.05) is 6.61 Å². The van der Waals surface area contributed by atoms with Crippen LogP contribution in [0.2, 0.25) is 0 Å². The van der Waals surface area contributed by atoms with E-state index in [2.05, 4.69) is 26.1 Å². The monoisotopic (exact) mass is 282 g/mol. The summed E-state index contributed by atoms with van der Waals surface area (Å²) < 4.78 is 10.0. The lowest BCUT2D eigenvalue weighted by Crippen LogP contribution is -1.90. The molecule has 2 rings (SSSR count). The van der Waals surface area contributed by atoms with Gasteiger partial charge in [-0.05, 0) is 12.5 Å². The third-order valence-corrected chi connectivity index (χ3v) is 2.69.